The fourth-order valence-electron chi connectivity index (χ4n) is 1.28. The third kappa shape index (κ3) is 3.86. The van der Waals surface area contributed by atoms with E-state index in [4.69, 9.17) is 17.3 Å². The average molecular weight is 309 g/mol. The summed E-state index contributed by atoms with van der Waals surface area (Å²) >= 11 is 7.47. The van der Waals surface area contributed by atoms with Crippen molar-refractivity contribution in [2.45, 2.75) is 29.2 Å². The lowest BCUT2D eigenvalue weighted by atomic mass is 10.1. The molecular formula is C11H17ClN2O2S2. The molecule has 7 heteroatoms. The van der Waals surface area contributed by atoms with Gasteiger partial charge in [-0.1, -0.05) is 11.6 Å². The molecule has 0 amide bonds. The molecule has 0 saturated heterocycles. The predicted octanol–water partition coefficient (Wildman–Crippen LogP) is 2.08. The molecule has 0 bridgehead atoms. The Morgan fingerprint density at radius 3 is 2.50 bits per heavy atom. The van der Waals surface area contributed by atoms with Gasteiger partial charge < -0.3 is 5.73 Å². The fraction of sp³-hybridized carbons (Fsp3) is 0.455. The van der Waals surface area contributed by atoms with Crippen molar-refractivity contribution in [2.24, 2.45) is 5.73 Å². The summed E-state index contributed by atoms with van der Waals surface area (Å²) in [7, 11) is -3.60. The highest BCUT2D eigenvalue weighted by Gasteiger charge is 2.25. The second kappa shape index (κ2) is 5.79. The van der Waals surface area contributed by atoms with E-state index >= 15 is 0 Å². The van der Waals surface area contributed by atoms with E-state index in [1.807, 2.05) is 6.26 Å². The Kier molecular flexibility index (Phi) is 5.08. The fourth-order valence-corrected chi connectivity index (χ4v) is 3.66. The van der Waals surface area contributed by atoms with Crippen LogP contribution < -0.4 is 10.5 Å². The quantitative estimate of drug-likeness (QED) is 0.817. The molecule has 4 nitrogen and oxygen atoms in total. The Labute approximate surface area is 117 Å². The molecule has 0 unspecified atom stereocenters. The molecule has 1 aromatic rings. The van der Waals surface area contributed by atoms with Crippen molar-refractivity contribution in [3.63, 3.8) is 0 Å². The largest absolute Gasteiger partial charge is 0.329 e. The minimum absolute atomic E-state index is 0.145. The number of hydrogen-bond donors (Lipinski definition) is 2. The topological polar surface area (TPSA) is 72.2 Å². The molecule has 0 atom stereocenters. The lowest BCUT2D eigenvalue weighted by Gasteiger charge is -2.24. The molecule has 0 fully saturated rings. The van der Waals surface area contributed by atoms with Crippen LogP contribution >= 0.6 is 23.4 Å². The van der Waals surface area contributed by atoms with Crippen molar-refractivity contribution < 1.29 is 8.42 Å². The first-order valence-electron chi connectivity index (χ1n) is 5.29. The highest BCUT2D eigenvalue weighted by molar-refractivity contribution is 7.98. The molecule has 0 saturated carbocycles. The van der Waals surface area contributed by atoms with E-state index in [2.05, 4.69) is 4.72 Å². The Morgan fingerprint density at radius 2 is 2.06 bits per heavy atom. The molecule has 102 valence electrons. The summed E-state index contributed by atoms with van der Waals surface area (Å²) in [5.74, 6) is 0. The van der Waals surface area contributed by atoms with Gasteiger partial charge in [-0.15, -0.1) is 11.8 Å². The van der Waals surface area contributed by atoms with Crippen molar-refractivity contribution in [1.29, 1.82) is 0 Å². The average Bonchev–Trinajstić information content (AvgIpc) is 2.27. The summed E-state index contributed by atoms with van der Waals surface area (Å²) in [6, 6.07) is 4.67. The van der Waals surface area contributed by atoms with Gasteiger partial charge in [0.1, 0.15) is 0 Å². The third-order valence-electron chi connectivity index (χ3n) is 2.35. The van der Waals surface area contributed by atoms with Crippen LogP contribution in [0.4, 0.5) is 0 Å². The molecule has 3 N–H and O–H groups in total. The smallest absolute Gasteiger partial charge is 0.241 e. The number of nitrogens with two attached hydrogens (primary N) is 1. The number of nitrogens with one attached hydrogen (secondary N) is 1. The molecule has 0 aromatic heterocycles. The summed E-state index contributed by atoms with van der Waals surface area (Å²) in [5.41, 5.74) is 4.82. The van der Waals surface area contributed by atoms with Gasteiger partial charge in [0.25, 0.3) is 0 Å². The van der Waals surface area contributed by atoms with Crippen LogP contribution in [0.1, 0.15) is 13.8 Å². The van der Waals surface area contributed by atoms with Crippen LogP contribution in [-0.2, 0) is 10.0 Å². The van der Waals surface area contributed by atoms with E-state index in [0.29, 0.717) is 5.02 Å². The van der Waals surface area contributed by atoms with E-state index in [1.165, 1.54) is 23.9 Å². The lowest BCUT2D eigenvalue weighted by Crippen LogP contribution is -2.48. The Balaban J connectivity index is 3.10. The molecule has 0 radical (unpaired) electrons. The minimum Gasteiger partial charge on any atom is -0.329 e. The number of hydrogen-bond acceptors (Lipinski definition) is 4. The first kappa shape index (κ1) is 15.8. The van der Waals surface area contributed by atoms with Gasteiger partial charge in [0.2, 0.25) is 10.0 Å². The van der Waals surface area contributed by atoms with Gasteiger partial charge in [0.15, 0.2) is 0 Å². The molecule has 0 spiro atoms. The van der Waals surface area contributed by atoms with E-state index in [9.17, 15) is 8.42 Å². The van der Waals surface area contributed by atoms with Gasteiger partial charge in [-0.05, 0) is 38.3 Å². The van der Waals surface area contributed by atoms with Crippen LogP contribution in [0.25, 0.3) is 0 Å². The number of sulfonamides is 1. The van der Waals surface area contributed by atoms with Gasteiger partial charge >= 0.3 is 0 Å². The zero-order valence-corrected chi connectivity index (χ0v) is 12.9. The lowest BCUT2D eigenvalue weighted by molar-refractivity contribution is 0.462. The van der Waals surface area contributed by atoms with Crippen LogP contribution in [0.5, 0.6) is 0 Å². The molecule has 0 aliphatic rings. The standard InChI is InChI=1S/C11H17ClN2O2S2/c1-11(2,7-13)14-18(15,16)8-4-5-10(17-3)9(12)6-8/h4-6,14H,7,13H2,1-3H3. The van der Waals surface area contributed by atoms with E-state index in [1.54, 1.807) is 19.9 Å². The van der Waals surface area contributed by atoms with Crippen LogP contribution in [0.2, 0.25) is 5.02 Å². The number of halogens is 1. The first-order chi connectivity index (χ1) is 8.22. The number of thioether (sulfide) groups is 1. The van der Waals surface area contributed by atoms with Gasteiger partial charge in [-0.3, -0.25) is 0 Å². The molecule has 1 rings (SSSR count). The zero-order valence-electron chi connectivity index (χ0n) is 10.5. The molecule has 0 heterocycles. The van der Waals surface area contributed by atoms with Gasteiger partial charge in [-0.25, -0.2) is 13.1 Å². The number of benzene rings is 1. The van der Waals surface area contributed by atoms with Crippen molar-refractivity contribution in [3.8, 4) is 0 Å². The van der Waals surface area contributed by atoms with Crippen molar-refractivity contribution in [2.75, 3.05) is 12.8 Å². The van der Waals surface area contributed by atoms with Gasteiger partial charge in [-0.2, -0.15) is 0 Å². The molecule has 0 aliphatic carbocycles. The first-order valence-corrected chi connectivity index (χ1v) is 8.38. The van der Waals surface area contributed by atoms with Gasteiger partial charge in [0.05, 0.1) is 9.92 Å². The Morgan fingerprint density at radius 1 is 1.44 bits per heavy atom. The van der Waals surface area contributed by atoms with Gasteiger partial charge in [0, 0.05) is 17.0 Å². The second-order valence-corrected chi connectivity index (χ2v) is 7.43. The maximum absolute atomic E-state index is 12.1. The second-order valence-electron chi connectivity index (χ2n) is 4.49. The van der Waals surface area contributed by atoms with Crippen molar-refractivity contribution >= 4 is 33.4 Å². The van der Waals surface area contributed by atoms with Crippen LogP contribution in [-0.4, -0.2) is 26.8 Å². The van der Waals surface area contributed by atoms with Crippen LogP contribution in [0.3, 0.4) is 0 Å². The summed E-state index contributed by atoms with van der Waals surface area (Å²) in [6.07, 6.45) is 1.88. The molecule has 18 heavy (non-hydrogen) atoms. The Bertz CT molecular complexity index is 530. The zero-order chi connectivity index (χ0) is 14.0. The molecular weight excluding hydrogens is 292 g/mol. The SMILES string of the molecule is CSc1ccc(S(=O)(=O)NC(C)(C)CN)cc1Cl. The van der Waals surface area contributed by atoms with Crippen LogP contribution in [0, 0.1) is 0 Å². The maximum Gasteiger partial charge on any atom is 0.241 e. The summed E-state index contributed by atoms with van der Waals surface area (Å²) in [6.45, 7) is 3.66. The summed E-state index contributed by atoms with van der Waals surface area (Å²) < 4.78 is 26.8. The summed E-state index contributed by atoms with van der Waals surface area (Å²) in [4.78, 5) is 0.987. The predicted molar refractivity (Wildman–Crippen MR) is 76.7 cm³/mol. The van der Waals surface area contributed by atoms with Crippen molar-refractivity contribution in [3.05, 3.63) is 23.2 Å². The highest BCUT2D eigenvalue weighted by Crippen LogP contribution is 2.27. The third-order valence-corrected chi connectivity index (χ3v) is 5.27. The maximum atomic E-state index is 12.1. The van der Waals surface area contributed by atoms with Crippen LogP contribution in [0.15, 0.2) is 28.0 Å². The molecule has 1 aromatic carbocycles. The Hall–Kier alpha value is -0.270. The van der Waals surface area contributed by atoms with Crippen molar-refractivity contribution in [1.82, 2.24) is 4.72 Å². The highest BCUT2D eigenvalue weighted by atomic mass is 35.5. The minimum atomic E-state index is -3.60. The van der Waals surface area contributed by atoms with E-state index in [0.717, 1.165) is 4.90 Å². The van der Waals surface area contributed by atoms with E-state index < -0.39 is 15.6 Å². The molecule has 0 aliphatic heterocycles. The summed E-state index contributed by atoms with van der Waals surface area (Å²) in [5, 5.41) is 0.427. The normalized spacial score (nSPS) is 12.7. The van der Waals surface area contributed by atoms with E-state index in [-0.39, 0.29) is 11.4 Å². The number of rotatable bonds is 5. The monoisotopic (exact) mass is 308 g/mol.